The Balaban J connectivity index is 1.88. The van der Waals surface area contributed by atoms with E-state index in [1.54, 1.807) is 50.4 Å². The number of sulfonamides is 1. The largest absolute Gasteiger partial charge is 0.497 e. The fourth-order valence-corrected chi connectivity index (χ4v) is 2.56. The van der Waals surface area contributed by atoms with Gasteiger partial charge in [0.2, 0.25) is 10.0 Å². The van der Waals surface area contributed by atoms with Crippen LogP contribution in [-0.2, 0) is 21.4 Å². The van der Waals surface area contributed by atoms with E-state index >= 15 is 0 Å². The van der Waals surface area contributed by atoms with Crippen molar-refractivity contribution in [1.29, 1.82) is 0 Å². The molecule has 0 radical (unpaired) electrons. The second-order valence-corrected chi connectivity index (χ2v) is 6.90. The summed E-state index contributed by atoms with van der Waals surface area (Å²) in [6.07, 6.45) is -0.683. The predicted octanol–water partition coefficient (Wildman–Crippen LogP) is 1.43. The number of primary sulfonamides is 1. The maximum Gasteiger partial charge on any atom is 0.261 e. The van der Waals surface area contributed by atoms with Crippen LogP contribution in [-0.4, -0.2) is 27.5 Å². The van der Waals surface area contributed by atoms with Crippen LogP contribution in [0.3, 0.4) is 0 Å². The molecule has 2 aromatic rings. The zero-order chi connectivity index (χ0) is 18.4. The average Bonchev–Trinajstić information content (AvgIpc) is 2.60. The van der Waals surface area contributed by atoms with Gasteiger partial charge in [-0.25, -0.2) is 13.6 Å². The molecule has 0 aliphatic heterocycles. The lowest BCUT2D eigenvalue weighted by Crippen LogP contribution is -2.35. The summed E-state index contributed by atoms with van der Waals surface area (Å²) >= 11 is 0. The number of amides is 1. The van der Waals surface area contributed by atoms with Crippen molar-refractivity contribution in [2.75, 3.05) is 7.11 Å². The van der Waals surface area contributed by atoms with E-state index in [9.17, 15) is 13.2 Å². The van der Waals surface area contributed by atoms with Crippen LogP contribution in [0.15, 0.2) is 53.4 Å². The van der Waals surface area contributed by atoms with Gasteiger partial charge in [0.25, 0.3) is 5.91 Å². The minimum atomic E-state index is -3.72. The third kappa shape index (κ3) is 5.47. The Bertz CT molecular complexity index is 817. The quantitative estimate of drug-likeness (QED) is 0.773. The third-order valence-corrected chi connectivity index (χ3v) is 4.39. The molecule has 0 spiro atoms. The number of carbonyl (C=O) groups is 1. The lowest BCUT2D eigenvalue weighted by molar-refractivity contribution is -0.127. The molecule has 1 amide bonds. The zero-order valence-electron chi connectivity index (χ0n) is 13.9. The number of benzene rings is 2. The molecule has 1 unspecified atom stereocenters. The molecule has 2 rings (SSSR count). The molecule has 3 N–H and O–H groups in total. The summed E-state index contributed by atoms with van der Waals surface area (Å²) < 4.78 is 33.0. The van der Waals surface area contributed by atoms with Gasteiger partial charge in [0, 0.05) is 6.54 Å². The van der Waals surface area contributed by atoms with Gasteiger partial charge in [0.05, 0.1) is 12.0 Å². The monoisotopic (exact) mass is 364 g/mol. The number of nitrogens with two attached hydrogens (primary N) is 1. The molecule has 8 heteroatoms. The van der Waals surface area contributed by atoms with Gasteiger partial charge in [-0.2, -0.15) is 0 Å². The SMILES string of the molecule is COc1ccc(OC(C)C(=O)NCc2ccc(S(N)(=O)=O)cc2)cc1. The number of ether oxygens (including phenoxy) is 2. The van der Waals surface area contributed by atoms with Crippen molar-refractivity contribution < 1.29 is 22.7 Å². The van der Waals surface area contributed by atoms with Crippen LogP contribution in [0.2, 0.25) is 0 Å². The first-order chi connectivity index (χ1) is 11.8. The summed E-state index contributed by atoms with van der Waals surface area (Å²) in [7, 11) is -2.15. The van der Waals surface area contributed by atoms with Gasteiger partial charge in [-0.05, 0) is 48.9 Å². The van der Waals surface area contributed by atoms with E-state index in [4.69, 9.17) is 14.6 Å². The molecule has 0 aliphatic rings. The lowest BCUT2D eigenvalue weighted by atomic mass is 10.2. The van der Waals surface area contributed by atoms with E-state index in [1.165, 1.54) is 12.1 Å². The number of carbonyl (C=O) groups excluding carboxylic acids is 1. The molecule has 0 fully saturated rings. The molecule has 0 heterocycles. The molecule has 0 aliphatic carbocycles. The highest BCUT2D eigenvalue weighted by Crippen LogP contribution is 2.18. The minimum Gasteiger partial charge on any atom is -0.497 e. The van der Waals surface area contributed by atoms with Crippen LogP contribution in [0.4, 0.5) is 0 Å². The fourth-order valence-electron chi connectivity index (χ4n) is 2.04. The van der Waals surface area contributed by atoms with Crippen molar-refractivity contribution in [2.24, 2.45) is 5.14 Å². The smallest absolute Gasteiger partial charge is 0.261 e. The molecular formula is C17H20N2O5S. The summed E-state index contributed by atoms with van der Waals surface area (Å²) in [5, 5.41) is 7.77. The van der Waals surface area contributed by atoms with Gasteiger partial charge in [-0.3, -0.25) is 4.79 Å². The second kappa shape index (κ2) is 8.00. The second-order valence-electron chi connectivity index (χ2n) is 5.34. The molecule has 0 saturated carbocycles. The van der Waals surface area contributed by atoms with Crippen molar-refractivity contribution in [3.63, 3.8) is 0 Å². The van der Waals surface area contributed by atoms with Crippen LogP contribution in [0.25, 0.3) is 0 Å². The topological polar surface area (TPSA) is 108 Å². The van der Waals surface area contributed by atoms with Crippen LogP contribution in [0.5, 0.6) is 11.5 Å². The van der Waals surface area contributed by atoms with E-state index in [1.807, 2.05) is 0 Å². The molecule has 0 aromatic heterocycles. The Morgan fingerprint density at radius 2 is 1.64 bits per heavy atom. The molecule has 134 valence electrons. The van der Waals surface area contributed by atoms with Crippen molar-refractivity contribution in [2.45, 2.75) is 24.5 Å². The highest BCUT2D eigenvalue weighted by molar-refractivity contribution is 7.89. The molecule has 0 bridgehead atoms. The van der Waals surface area contributed by atoms with Gasteiger partial charge in [0.1, 0.15) is 11.5 Å². The van der Waals surface area contributed by atoms with E-state index in [-0.39, 0.29) is 17.3 Å². The Labute approximate surface area is 146 Å². The summed E-state index contributed by atoms with van der Waals surface area (Å²) in [6, 6.07) is 12.9. The van der Waals surface area contributed by atoms with Gasteiger partial charge in [0.15, 0.2) is 6.10 Å². The average molecular weight is 364 g/mol. The fraction of sp³-hybridized carbons (Fsp3) is 0.235. The maximum atomic E-state index is 12.1. The van der Waals surface area contributed by atoms with E-state index in [2.05, 4.69) is 5.32 Å². The third-order valence-electron chi connectivity index (χ3n) is 3.46. The van der Waals surface area contributed by atoms with E-state index < -0.39 is 16.1 Å². The molecule has 25 heavy (non-hydrogen) atoms. The first-order valence-electron chi connectivity index (χ1n) is 7.50. The molecule has 0 saturated heterocycles. The Morgan fingerprint density at radius 1 is 1.08 bits per heavy atom. The van der Waals surface area contributed by atoms with E-state index in [0.29, 0.717) is 11.5 Å². The van der Waals surface area contributed by atoms with Crippen LogP contribution >= 0.6 is 0 Å². The van der Waals surface area contributed by atoms with Gasteiger partial charge in [-0.15, -0.1) is 0 Å². The first kappa shape index (κ1) is 18.8. The normalized spacial score (nSPS) is 12.3. The zero-order valence-corrected chi connectivity index (χ0v) is 14.7. The molecular weight excluding hydrogens is 344 g/mol. The molecule has 1 atom stereocenters. The van der Waals surface area contributed by atoms with Crippen LogP contribution in [0.1, 0.15) is 12.5 Å². The number of methoxy groups -OCH3 is 1. The van der Waals surface area contributed by atoms with Gasteiger partial charge < -0.3 is 14.8 Å². The summed E-state index contributed by atoms with van der Waals surface area (Å²) in [5.74, 6) is 0.972. The number of hydrogen-bond donors (Lipinski definition) is 2. The minimum absolute atomic E-state index is 0.0267. The molecule has 2 aromatic carbocycles. The summed E-state index contributed by atoms with van der Waals surface area (Å²) in [5.41, 5.74) is 0.748. The lowest BCUT2D eigenvalue weighted by Gasteiger charge is -2.15. The predicted molar refractivity (Wildman–Crippen MR) is 92.7 cm³/mol. The Morgan fingerprint density at radius 3 is 2.16 bits per heavy atom. The number of rotatable bonds is 7. The van der Waals surface area contributed by atoms with Crippen molar-refractivity contribution >= 4 is 15.9 Å². The van der Waals surface area contributed by atoms with Gasteiger partial charge >= 0.3 is 0 Å². The number of hydrogen-bond acceptors (Lipinski definition) is 5. The maximum absolute atomic E-state index is 12.1. The Hall–Kier alpha value is -2.58. The highest BCUT2D eigenvalue weighted by atomic mass is 32.2. The van der Waals surface area contributed by atoms with E-state index in [0.717, 1.165) is 5.56 Å². The Kier molecular flexibility index (Phi) is 6.00. The van der Waals surface area contributed by atoms with Crippen molar-refractivity contribution in [1.82, 2.24) is 5.32 Å². The standard InChI is InChI=1S/C17H20N2O5S/c1-12(24-15-7-5-14(23-2)6-8-15)17(20)19-11-13-3-9-16(10-4-13)25(18,21)22/h3-10,12H,11H2,1-2H3,(H,19,20)(H2,18,21,22). The van der Waals surface area contributed by atoms with Crippen molar-refractivity contribution in [3.05, 3.63) is 54.1 Å². The molecule has 7 nitrogen and oxygen atoms in total. The van der Waals surface area contributed by atoms with Crippen LogP contribution in [0, 0.1) is 0 Å². The van der Waals surface area contributed by atoms with Crippen molar-refractivity contribution in [3.8, 4) is 11.5 Å². The first-order valence-corrected chi connectivity index (χ1v) is 9.04. The summed E-state index contributed by atoms with van der Waals surface area (Å²) in [4.78, 5) is 12.1. The highest BCUT2D eigenvalue weighted by Gasteiger charge is 2.14. The number of nitrogens with one attached hydrogen (secondary N) is 1. The summed E-state index contributed by atoms with van der Waals surface area (Å²) in [6.45, 7) is 1.89. The van der Waals surface area contributed by atoms with Crippen LogP contribution < -0.4 is 19.9 Å². The van der Waals surface area contributed by atoms with Gasteiger partial charge in [-0.1, -0.05) is 12.1 Å².